The third-order valence-electron chi connectivity index (χ3n) is 4.41. The van der Waals surface area contributed by atoms with Gasteiger partial charge in [-0.3, -0.25) is 14.9 Å². The van der Waals surface area contributed by atoms with Crippen molar-refractivity contribution in [2.75, 3.05) is 19.0 Å². The second kappa shape index (κ2) is 8.46. The van der Waals surface area contributed by atoms with Gasteiger partial charge >= 0.3 is 5.97 Å². The molecule has 0 heterocycles. The molecular formula is C17H23N3O5. The fourth-order valence-corrected chi connectivity index (χ4v) is 2.91. The smallest absolute Gasteiger partial charge is 0.338 e. The molecule has 1 amide bonds. The van der Waals surface area contributed by atoms with Crippen LogP contribution in [0.2, 0.25) is 0 Å². The molecule has 8 nitrogen and oxygen atoms in total. The lowest BCUT2D eigenvalue weighted by Crippen LogP contribution is -2.39. The first-order valence-electron chi connectivity index (χ1n) is 8.33. The lowest BCUT2D eigenvalue weighted by Gasteiger charge is -2.26. The Hall–Kier alpha value is -2.64. The number of esters is 1. The number of carbonyl (C=O) groups is 2. The number of rotatable bonds is 6. The van der Waals surface area contributed by atoms with Crippen LogP contribution in [0.5, 0.6) is 0 Å². The molecule has 0 atom stereocenters. The van der Waals surface area contributed by atoms with E-state index in [-0.39, 0.29) is 23.2 Å². The Labute approximate surface area is 146 Å². The Morgan fingerprint density at radius 2 is 1.96 bits per heavy atom. The number of nitro benzene ring substituents is 1. The van der Waals surface area contributed by atoms with Gasteiger partial charge in [0.15, 0.2) is 6.61 Å². The number of hydrogen-bond acceptors (Lipinski definition) is 6. The predicted octanol–water partition coefficient (Wildman–Crippen LogP) is 2.49. The summed E-state index contributed by atoms with van der Waals surface area (Å²) >= 11 is 0. The SMILES string of the molecule is CNc1ccc(C(=O)OCC(=O)NC2CCC(C)CC2)cc1[N+](=O)[O-]. The fraction of sp³-hybridized carbons (Fsp3) is 0.529. The van der Waals surface area contributed by atoms with Crippen LogP contribution in [0.3, 0.4) is 0 Å². The Morgan fingerprint density at radius 3 is 2.56 bits per heavy atom. The molecular weight excluding hydrogens is 326 g/mol. The first-order chi connectivity index (χ1) is 11.9. The molecule has 1 saturated carbocycles. The summed E-state index contributed by atoms with van der Waals surface area (Å²) in [6, 6.07) is 4.10. The van der Waals surface area contributed by atoms with Crippen LogP contribution in [-0.4, -0.2) is 36.5 Å². The summed E-state index contributed by atoms with van der Waals surface area (Å²) in [5, 5.41) is 16.6. The van der Waals surface area contributed by atoms with Crippen molar-refractivity contribution >= 4 is 23.3 Å². The molecule has 2 rings (SSSR count). The zero-order valence-electron chi connectivity index (χ0n) is 14.4. The van der Waals surface area contributed by atoms with E-state index in [9.17, 15) is 19.7 Å². The van der Waals surface area contributed by atoms with Gasteiger partial charge in [-0.15, -0.1) is 0 Å². The van der Waals surface area contributed by atoms with Crippen LogP contribution in [0, 0.1) is 16.0 Å². The highest BCUT2D eigenvalue weighted by molar-refractivity contribution is 5.93. The summed E-state index contributed by atoms with van der Waals surface area (Å²) in [4.78, 5) is 34.3. The van der Waals surface area contributed by atoms with Gasteiger partial charge in [0.1, 0.15) is 5.69 Å². The first kappa shape index (κ1) is 18.7. The van der Waals surface area contributed by atoms with Crippen molar-refractivity contribution in [1.29, 1.82) is 0 Å². The number of amides is 1. The lowest BCUT2D eigenvalue weighted by molar-refractivity contribution is -0.384. The van der Waals surface area contributed by atoms with Gasteiger partial charge in [0, 0.05) is 19.2 Å². The van der Waals surface area contributed by atoms with E-state index in [2.05, 4.69) is 17.6 Å². The second-order valence-corrected chi connectivity index (χ2v) is 6.34. The maximum atomic E-state index is 12.0. The van der Waals surface area contributed by atoms with Gasteiger partial charge in [0.05, 0.1) is 10.5 Å². The zero-order chi connectivity index (χ0) is 18.4. The maximum absolute atomic E-state index is 12.0. The largest absolute Gasteiger partial charge is 0.452 e. The second-order valence-electron chi connectivity index (χ2n) is 6.34. The van der Waals surface area contributed by atoms with Crippen molar-refractivity contribution in [2.45, 2.75) is 38.6 Å². The van der Waals surface area contributed by atoms with Crippen molar-refractivity contribution in [3.05, 3.63) is 33.9 Å². The minimum atomic E-state index is -0.766. The summed E-state index contributed by atoms with van der Waals surface area (Å²) < 4.78 is 4.97. The van der Waals surface area contributed by atoms with Gasteiger partial charge in [0.2, 0.25) is 0 Å². The fourth-order valence-electron chi connectivity index (χ4n) is 2.91. The predicted molar refractivity (Wildman–Crippen MR) is 92.5 cm³/mol. The Balaban J connectivity index is 1.88. The number of carbonyl (C=O) groups excluding carboxylic acids is 2. The average molecular weight is 349 g/mol. The zero-order valence-corrected chi connectivity index (χ0v) is 14.4. The van der Waals surface area contributed by atoms with E-state index in [0.717, 1.165) is 31.7 Å². The van der Waals surface area contributed by atoms with E-state index >= 15 is 0 Å². The van der Waals surface area contributed by atoms with Gasteiger partial charge in [-0.1, -0.05) is 6.92 Å². The number of anilines is 1. The van der Waals surface area contributed by atoms with Gasteiger partial charge in [-0.05, 0) is 43.7 Å². The molecule has 1 fully saturated rings. The molecule has 0 aromatic heterocycles. The molecule has 1 aromatic carbocycles. The third-order valence-corrected chi connectivity index (χ3v) is 4.41. The van der Waals surface area contributed by atoms with E-state index in [1.807, 2.05) is 0 Å². The maximum Gasteiger partial charge on any atom is 0.338 e. The molecule has 1 aromatic rings. The minimum Gasteiger partial charge on any atom is -0.452 e. The highest BCUT2D eigenvalue weighted by atomic mass is 16.6. The monoisotopic (exact) mass is 349 g/mol. The van der Waals surface area contributed by atoms with Crippen LogP contribution in [0.1, 0.15) is 43.0 Å². The van der Waals surface area contributed by atoms with Crippen LogP contribution in [0.15, 0.2) is 18.2 Å². The van der Waals surface area contributed by atoms with Crippen molar-refractivity contribution in [3.8, 4) is 0 Å². The van der Waals surface area contributed by atoms with Crippen molar-refractivity contribution in [1.82, 2.24) is 5.32 Å². The van der Waals surface area contributed by atoms with Gasteiger partial charge < -0.3 is 15.4 Å². The Morgan fingerprint density at radius 1 is 1.28 bits per heavy atom. The van der Waals surface area contributed by atoms with E-state index in [1.54, 1.807) is 7.05 Å². The molecule has 2 N–H and O–H groups in total. The molecule has 0 spiro atoms. The molecule has 1 aliphatic carbocycles. The number of benzene rings is 1. The van der Waals surface area contributed by atoms with Crippen molar-refractivity contribution in [3.63, 3.8) is 0 Å². The molecule has 0 radical (unpaired) electrons. The Bertz CT molecular complexity index is 654. The molecule has 0 saturated heterocycles. The standard InChI is InChI=1S/C17H23N3O5/c1-11-3-6-13(7-4-11)19-16(21)10-25-17(22)12-5-8-14(18-2)15(9-12)20(23)24/h5,8-9,11,13,18H,3-4,6-7,10H2,1-2H3,(H,19,21). The minimum absolute atomic E-state index is 0.0324. The van der Waals surface area contributed by atoms with E-state index in [0.29, 0.717) is 11.6 Å². The van der Waals surface area contributed by atoms with Crippen molar-refractivity contribution < 1.29 is 19.2 Å². The summed E-state index contributed by atoms with van der Waals surface area (Å²) in [5.41, 5.74) is 0.105. The van der Waals surface area contributed by atoms with Crippen LogP contribution in [0.4, 0.5) is 11.4 Å². The van der Waals surface area contributed by atoms with Crippen LogP contribution in [-0.2, 0) is 9.53 Å². The number of hydrogen-bond donors (Lipinski definition) is 2. The van der Waals surface area contributed by atoms with Crippen LogP contribution < -0.4 is 10.6 Å². The molecule has 0 unspecified atom stereocenters. The number of nitro groups is 1. The van der Waals surface area contributed by atoms with Crippen LogP contribution >= 0.6 is 0 Å². The highest BCUT2D eigenvalue weighted by Crippen LogP contribution is 2.25. The van der Waals surface area contributed by atoms with Gasteiger partial charge in [-0.25, -0.2) is 4.79 Å². The van der Waals surface area contributed by atoms with E-state index in [4.69, 9.17) is 4.74 Å². The first-order valence-corrected chi connectivity index (χ1v) is 8.33. The van der Waals surface area contributed by atoms with Gasteiger partial charge in [0.25, 0.3) is 11.6 Å². The normalized spacial score (nSPS) is 19.8. The van der Waals surface area contributed by atoms with Crippen LogP contribution in [0.25, 0.3) is 0 Å². The van der Waals surface area contributed by atoms with Crippen molar-refractivity contribution in [2.24, 2.45) is 5.92 Å². The number of ether oxygens (including phenoxy) is 1. The number of nitrogens with zero attached hydrogens (tertiary/aromatic N) is 1. The molecule has 136 valence electrons. The lowest BCUT2D eigenvalue weighted by atomic mass is 9.87. The molecule has 0 bridgehead atoms. The van der Waals surface area contributed by atoms with E-state index in [1.165, 1.54) is 12.1 Å². The molecule has 0 aliphatic heterocycles. The van der Waals surface area contributed by atoms with E-state index < -0.39 is 17.5 Å². The number of nitrogens with one attached hydrogen (secondary N) is 2. The van der Waals surface area contributed by atoms with Gasteiger partial charge in [-0.2, -0.15) is 0 Å². The third kappa shape index (κ3) is 5.17. The summed E-state index contributed by atoms with van der Waals surface area (Å²) in [6.45, 7) is 1.80. The Kier molecular flexibility index (Phi) is 6.32. The quantitative estimate of drug-likeness (QED) is 0.464. The molecule has 8 heteroatoms. The molecule has 25 heavy (non-hydrogen) atoms. The average Bonchev–Trinajstić information content (AvgIpc) is 2.61. The molecule has 1 aliphatic rings. The highest BCUT2D eigenvalue weighted by Gasteiger charge is 2.21. The summed E-state index contributed by atoms with van der Waals surface area (Å²) in [7, 11) is 1.55. The summed E-state index contributed by atoms with van der Waals surface area (Å²) in [6.07, 6.45) is 4.01. The topological polar surface area (TPSA) is 111 Å². The summed E-state index contributed by atoms with van der Waals surface area (Å²) in [5.74, 6) is -0.435.